The number of nitrogens with one attached hydrogen (secondary N) is 2. The van der Waals surface area contributed by atoms with Gasteiger partial charge in [0, 0.05) is 18.8 Å². The minimum Gasteiger partial charge on any atom is -0.465 e. The number of hydrogen-bond acceptors (Lipinski definition) is 7. The quantitative estimate of drug-likeness (QED) is 0.574. The Balaban J connectivity index is 2.25. The minimum atomic E-state index is -0.555. The molecule has 0 amide bonds. The molecule has 146 valence electrons. The summed E-state index contributed by atoms with van der Waals surface area (Å²) in [6.45, 7) is 5.54. The second-order valence-corrected chi connectivity index (χ2v) is 7.34. The molecular formula is C17H22N4O4S2. The number of anilines is 1. The zero-order valence-electron chi connectivity index (χ0n) is 16.0. The van der Waals surface area contributed by atoms with Crippen molar-refractivity contribution in [3.05, 3.63) is 33.5 Å². The van der Waals surface area contributed by atoms with Gasteiger partial charge in [-0.05, 0) is 38.6 Å². The number of thiocarbonyl (C=S) groups is 1. The highest BCUT2D eigenvalue weighted by Crippen LogP contribution is 2.34. The molecule has 0 saturated heterocycles. The average Bonchev–Trinajstić information content (AvgIpc) is 3.12. The van der Waals surface area contributed by atoms with E-state index in [0.717, 1.165) is 22.6 Å². The Bertz CT molecular complexity index is 888. The van der Waals surface area contributed by atoms with Gasteiger partial charge in [0.15, 0.2) is 5.11 Å². The number of hydrogen-bond donors (Lipinski definition) is 2. The Morgan fingerprint density at radius 3 is 2.41 bits per heavy atom. The number of methoxy groups -OCH3 is 2. The Morgan fingerprint density at radius 1 is 1.26 bits per heavy atom. The molecule has 0 saturated carbocycles. The first-order chi connectivity index (χ1) is 12.7. The highest BCUT2D eigenvalue weighted by Gasteiger charge is 2.26. The van der Waals surface area contributed by atoms with Crippen LogP contribution in [0.25, 0.3) is 0 Å². The van der Waals surface area contributed by atoms with E-state index in [1.54, 1.807) is 11.6 Å². The van der Waals surface area contributed by atoms with Crippen LogP contribution in [0.5, 0.6) is 0 Å². The van der Waals surface area contributed by atoms with Crippen molar-refractivity contribution < 1.29 is 19.1 Å². The molecule has 2 rings (SSSR count). The van der Waals surface area contributed by atoms with Crippen molar-refractivity contribution in [1.29, 1.82) is 0 Å². The second kappa shape index (κ2) is 8.49. The first-order valence-corrected chi connectivity index (χ1v) is 9.29. The number of rotatable bonds is 5. The van der Waals surface area contributed by atoms with Crippen molar-refractivity contribution in [1.82, 2.24) is 15.1 Å². The first-order valence-electron chi connectivity index (χ1n) is 8.07. The monoisotopic (exact) mass is 410 g/mol. The van der Waals surface area contributed by atoms with Crippen molar-refractivity contribution in [3.63, 3.8) is 0 Å². The highest BCUT2D eigenvalue weighted by atomic mass is 32.1. The fourth-order valence-corrected chi connectivity index (χ4v) is 4.15. The fourth-order valence-electron chi connectivity index (χ4n) is 2.69. The van der Waals surface area contributed by atoms with Crippen LogP contribution in [0.2, 0.25) is 0 Å². The van der Waals surface area contributed by atoms with Crippen LogP contribution in [0.4, 0.5) is 5.00 Å². The van der Waals surface area contributed by atoms with Gasteiger partial charge in [0.1, 0.15) is 9.88 Å². The molecule has 10 heteroatoms. The predicted octanol–water partition coefficient (Wildman–Crippen LogP) is 2.72. The van der Waals surface area contributed by atoms with Gasteiger partial charge in [-0.15, -0.1) is 11.3 Å². The van der Waals surface area contributed by atoms with E-state index in [4.69, 9.17) is 21.7 Å². The van der Waals surface area contributed by atoms with Gasteiger partial charge >= 0.3 is 11.9 Å². The van der Waals surface area contributed by atoms with Crippen molar-refractivity contribution in [2.45, 2.75) is 26.8 Å². The zero-order valence-corrected chi connectivity index (χ0v) is 17.6. The molecule has 27 heavy (non-hydrogen) atoms. The van der Waals surface area contributed by atoms with E-state index in [9.17, 15) is 9.59 Å². The van der Waals surface area contributed by atoms with E-state index in [-0.39, 0.29) is 11.6 Å². The second-order valence-electron chi connectivity index (χ2n) is 5.91. The Labute approximate surface area is 166 Å². The molecule has 0 aliphatic carbocycles. The van der Waals surface area contributed by atoms with Crippen molar-refractivity contribution in [2.24, 2.45) is 7.05 Å². The van der Waals surface area contributed by atoms with Gasteiger partial charge in [-0.2, -0.15) is 5.10 Å². The smallest absolute Gasteiger partial charge is 0.348 e. The molecule has 2 N–H and O–H groups in total. The molecule has 0 aliphatic rings. The topological polar surface area (TPSA) is 94.5 Å². The van der Waals surface area contributed by atoms with Gasteiger partial charge in [0.25, 0.3) is 0 Å². The number of aromatic nitrogens is 2. The predicted molar refractivity (Wildman–Crippen MR) is 107 cm³/mol. The summed E-state index contributed by atoms with van der Waals surface area (Å²) in [5.41, 5.74) is 2.65. The summed E-state index contributed by atoms with van der Waals surface area (Å²) in [5, 5.41) is 11.2. The van der Waals surface area contributed by atoms with Gasteiger partial charge in [0.05, 0.1) is 31.5 Å². The van der Waals surface area contributed by atoms with Crippen molar-refractivity contribution in [2.75, 3.05) is 19.5 Å². The highest BCUT2D eigenvalue weighted by molar-refractivity contribution is 7.80. The van der Waals surface area contributed by atoms with E-state index in [1.165, 1.54) is 14.2 Å². The lowest BCUT2D eigenvalue weighted by atomic mass is 10.1. The normalized spacial score (nSPS) is 11.6. The minimum absolute atomic E-state index is 0.0959. The SMILES string of the molecule is COC(=O)c1sc(NC(=S)NC(C)c2cn(C)nc2C)c(C(=O)OC)c1C. The number of esters is 2. The van der Waals surface area contributed by atoms with Crippen molar-refractivity contribution in [3.8, 4) is 0 Å². The Kier molecular flexibility index (Phi) is 6.55. The molecule has 0 spiro atoms. The van der Waals surface area contributed by atoms with E-state index in [2.05, 4.69) is 15.7 Å². The number of ether oxygens (including phenoxy) is 2. The summed E-state index contributed by atoms with van der Waals surface area (Å²) in [4.78, 5) is 24.4. The maximum Gasteiger partial charge on any atom is 0.348 e. The van der Waals surface area contributed by atoms with Gasteiger partial charge in [0.2, 0.25) is 0 Å². The third-order valence-electron chi connectivity index (χ3n) is 4.00. The standard InChI is InChI=1S/C17H22N4O4S2/c1-8-12(15(22)24-5)14(27-13(8)16(23)25-6)19-17(26)18-9(2)11-7-21(4)20-10(11)3/h7,9H,1-6H3,(H2,18,19,26). The molecule has 0 fully saturated rings. The van der Waals surface area contributed by atoms with Crippen LogP contribution in [0.15, 0.2) is 6.20 Å². The summed E-state index contributed by atoms with van der Waals surface area (Å²) >= 11 is 6.47. The Morgan fingerprint density at radius 2 is 1.89 bits per heavy atom. The molecule has 1 atom stereocenters. The molecule has 1 unspecified atom stereocenters. The van der Waals surface area contributed by atoms with E-state index in [1.807, 2.05) is 27.1 Å². The van der Waals surface area contributed by atoms with Crippen LogP contribution < -0.4 is 10.6 Å². The first kappa shape index (κ1) is 20.8. The summed E-state index contributed by atoms with van der Waals surface area (Å²) in [6, 6.07) is -0.0959. The molecule has 0 radical (unpaired) electrons. The molecule has 0 aliphatic heterocycles. The third-order valence-corrected chi connectivity index (χ3v) is 5.41. The van der Waals surface area contributed by atoms with Crippen molar-refractivity contribution >= 4 is 45.6 Å². The van der Waals surface area contributed by atoms with Gasteiger partial charge < -0.3 is 20.1 Å². The number of aryl methyl sites for hydroxylation is 2. The van der Waals surface area contributed by atoms with Crippen LogP contribution in [-0.4, -0.2) is 41.1 Å². The van der Waals surface area contributed by atoms with Gasteiger partial charge in [-0.1, -0.05) is 0 Å². The lowest BCUT2D eigenvalue weighted by Crippen LogP contribution is -2.31. The maximum atomic E-state index is 12.2. The number of carbonyl (C=O) groups is 2. The number of carbonyl (C=O) groups excluding carboxylic acids is 2. The van der Waals surface area contributed by atoms with Crippen LogP contribution in [0, 0.1) is 13.8 Å². The largest absolute Gasteiger partial charge is 0.465 e. The van der Waals surface area contributed by atoms with E-state index in [0.29, 0.717) is 20.6 Å². The van der Waals surface area contributed by atoms with Crippen LogP contribution in [0.1, 0.15) is 49.8 Å². The number of thiophene rings is 1. The number of nitrogens with zero attached hydrogens (tertiary/aromatic N) is 2. The fraction of sp³-hybridized carbons (Fsp3) is 0.412. The third kappa shape index (κ3) is 4.45. The van der Waals surface area contributed by atoms with Crippen LogP contribution >= 0.6 is 23.6 Å². The lowest BCUT2D eigenvalue weighted by Gasteiger charge is -2.16. The van der Waals surface area contributed by atoms with Crippen LogP contribution in [-0.2, 0) is 16.5 Å². The summed E-state index contributed by atoms with van der Waals surface area (Å²) < 4.78 is 11.3. The average molecular weight is 411 g/mol. The summed E-state index contributed by atoms with van der Waals surface area (Å²) in [5.74, 6) is -1.07. The van der Waals surface area contributed by atoms with Gasteiger partial charge in [-0.3, -0.25) is 4.68 Å². The molecule has 2 heterocycles. The molecule has 0 aromatic carbocycles. The molecule has 0 bridgehead atoms. The Hall–Kier alpha value is -2.46. The summed E-state index contributed by atoms with van der Waals surface area (Å²) in [6.07, 6.45) is 1.92. The molecule has 8 nitrogen and oxygen atoms in total. The van der Waals surface area contributed by atoms with Gasteiger partial charge in [-0.25, -0.2) is 9.59 Å². The summed E-state index contributed by atoms with van der Waals surface area (Å²) in [7, 11) is 4.42. The van der Waals surface area contributed by atoms with E-state index < -0.39 is 11.9 Å². The van der Waals surface area contributed by atoms with E-state index >= 15 is 0 Å². The molecule has 2 aromatic rings. The lowest BCUT2D eigenvalue weighted by molar-refractivity contribution is 0.0601. The van der Waals surface area contributed by atoms with Crippen LogP contribution in [0.3, 0.4) is 0 Å². The molecule has 2 aromatic heterocycles. The maximum absolute atomic E-state index is 12.2. The zero-order chi connectivity index (χ0) is 20.3. The molecular weight excluding hydrogens is 388 g/mol.